The Bertz CT molecular complexity index is 783. The molecule has 0 atom stereocenters. The Labute approximate surface area is 162 Å². The highest BCUT2D eigenvalue weighted by molar-refractivity contribution is 5.91. The number of benzene rings is 1. The Hall–Kier alpha value is -2.37. The Balaban J connectivity index is 1.86. The van der Waals surface area contributed by atoms with Crippen molar-refractivity contribution < 1.29 is 4.79 Å². The lowest BCUT2D eigenvalue weighted by molar-refractivity contribution is 0.245. The number of hydrogen-bond acceptors (Lipinski definition) is 3. The Morgan fingerprint density at radius 2 is 2.04 bits per heavy atom. The van der Waals surface area contributed by atoms with Crippen molar-refractivity contribution in [2.24, 2.45) is 0 Å². The van der Waals surface area contributed by atoms with E-state index < -0.39 is 0 Å². The summed E-state index contributed by atoms with van der Waals surface area (Å²) in [6.07, 6.45) is 6.54. The molecule has 6 heteroatoms. The van der Waals surface area contributed by atoms with Crippen LogP contribution in [0, 0.1) is 13.8 Å². The second kappa shape index (κ2) is 9.02. The average Bonchev–Trinajstić information content (AvgIpc) is 2.88. The number of urea groups is 1. The van der Waals surface area contributed by atoms with Gasteiger partial charge >= 0.3 is 6.03 Å². The molecule has 1 aromatic heterocycles. The number of rotatable bonds is 6. The number of nitrogens with zero attached hydrogens (tertiary/aromatic N) is 4. The highest BCUT2D eigenvalue weighted by atomic mass is 16.2. The molecule has 3 rings (SSSR count). The molecule has 2 aromatic rings. The Morgan fingerprint density at radius 3 is 2.81 bits per heavy atom. The van der Waals surface area contributed by atoms with Crippen LogP contribution in [-0.2, 0) is 19.5 Å². The number of fused-ring (bicyclic) bond motifs is 1. The standard InChI is InChI=1S/C21H31N5O/c1-4-5-12-22-21(27)26(18-11-10-16(2)17(3)14-18)15-20-24-23-19-9-7-6-8-13-25(19)20/h10-11,14H,4-9,12-13,15H2,1-3H3,(H,22,27). The zero-order valence-corrected chi connectivity index (χ0v) is 16.8. The summed E-state index contributed by atoms with van der Waals surface area (Å²) in [5.41, 5.74) is 3.30. The Morgan fingerprint density at radius 1 is 1.19 bits per heavy atom. The van der Waals surface area contributed by atoms with Gasteiger partial charge in [-0.3, -0.25) is 4.90 Å². The van der Waals surface area contributed by atoms with Crippen molar-refractivity contribution in [1.82, 2.24) is 20.1 Å². The van der Waals surface area contributed by atoms with Crippen LogP contribution >= 0.6 is 0 Å². The average molecular weight is 370 g/mol. The monoisotopic (exact) mass is 369 g/mol. The molecule has 1 aliphatic heterocycles. The number of aryl methyl sites for hydroxylation is 3. The van der Waals surface area contributed by atoms with Gasteiger partial charge in [0.2, 0.25) is 0 Å². The van der Waals surface area contributed by atoms with E-state index in [1.54, 1.807) is 4.90 Å². The molecule has 0 radical (unpaired) electrons. The van der Waals surface area contributed by atoms with E-state index in [4.69, 9.17) is 0 Å². The van der Waals surface area contributed by atoms with Gasteiger partial charge in [0, 0.05) is 25.2 Å². The molecule has 1 N–H and O–H groups in total. The van der Waals surface area contributed by atoms with E-state index in [0.29, 0.717) is 13.1 Å². The summed E-state index contributed by atoms with van der Waals surface area (Å²) in [5.74, 6) is 1.92. The minimum Gasteiger partial charge on any atom is -0.338 e. The fourth-order valence-electron chi connectivity index (χ4n) is 3.45. The third kappa shape index (κ3) is 4.67. The first-order valence-electron chi connectivity index (χ1n) is 10.1. The summed E-state index contributed by atoms with van der Waals surface area (Å²) >= 11 is 0. The molecule has 0 unspecified atom stereocenters. The lowest BCUT2D eigenvalue weighted by Gasteiger charge is -2.24. The number of nitrogens with one attached hydrogen (secondary N) is 1. The van der Waals surface area contributed by atoms with E-state index in [1.165, 1.54) is 17.5 Å². The second-order valence-electron chi connectivity index (χ2n) is 7.43. The molecule has 27 heavy (non-hydrogen) atoms. The van der Waals surface area contributed by atoms with Crippen LogP contribution in [0.3, 0.4) is 0 Å². The van der Waals surface area contributed by atoms with Gasteiger partial charge in [0.05, 0.1) is 6.54 Å². The predicted octanol–water partition coefficient (Wildman–Crippen LogP) is 4.14. The van der Waals surface area contributed by atoms with Crippen LogP contribution in [0.5, 0.6) is 0 Å². The molecular formula is C21H31N5O. The third-order valence-electron chi connectivity index (χ3n) is 5.34. The first kappa shape index (κ1) is 19.4. The normalized spacial score (nSPS) is 13.7. The fraction of sp³-hybridized carbons (Fsp3) is 0.571. The minimum absolute atomic E-state index is 0.0716. The van der Waals surface area contributed by atoms with E-state index in [9.17, 15) is 4.79 Å². The molecule has 0 aliphatic carbocycles. The zero-order valence-electron chi connectivity index (χ0n) is 16.8. The number of aromatic nitrogens is 3. The van der Waals surface area contributed by atoms with Gasteiger partial charge in [0.25, 0.3) is 0 Å². The number of hydrogen-bond donors (Lipinski definition) is 1. The van der Waals surface area contributed by atoms with Crippen LogP contribution < -0.4 is 10.2 Å². The molecule has 0 saturated heterocycles. The first-order chi connectivity index (χ1) is 13.1. The quantitative estimate of drug-likeness (QED) is 0.779. The summed E-state index contributed by atoms with van der Waals surface area (Å²) in [6.45, 7) is 8.36. The number of carbonyl (C=O) groups is 1. The molecular weight excluding hydrogens is 338 g/mol. The van der Waals surface area contributed by atoms with Crippen LogP contribution in [0.15, 0.2) is 18.2 Å². The SMILES string of the molecule is CCCCNC(=O)N(Cc1nnc2n1CCCCC2)c1ccc(C)c(C)c1. The fourth-order valence-corrected chi connectivity index (χ4v) is 3.45. The number of unbranched alkanes of at least 4 members (excludes halogenated alkanes) is 1. The van der Waals surface area contributed by atoms with Gasteiger partial charge in [-0.05, 0) is 56.4 Å². The van der Waals surface area contributed by atoms with Gasteiger partial charge in [0.15, 0.2) is 5.82 Å². The summed E-state index contributed by atoms with van der Waals surface area (Å²) in [7, 11) is 0. The lowest BCUT2D eigenvalue weighted by Crippen LogP contribution is -2.40. The summed E-state index contributed by atoms with van der Waals surface area (Å²) in [4.78, 5) is 14.7. The maximum absolute atomic E-state index is 12.9. The summed E-state index contributed by atoms with van der Waals surface area (Å²) in [5, 5.41) is 11.9. The first-order valence-corrected chi connectivity index (χ1v) is 10.1. The molecule has 0 saturated carbocycles. The largest absolute Gasteiger partial charge is 0.338 e. The van der Waals surface area contributed by atoms with E-state index >= 15 is 0 Å². The van der Waals surface area contributed by atoms with Gasteiger partial charge in [-0.2, -0.15) is 0 Å². The van der Waals surface area contributed by atoms with Crippen molar-refractivity contribution in [3.63, 3.8) is 0 Å². The smallest absolute Gasteiger partial charge is 0.322 e. The third-order valence-corrected chi connectivity index (χ3v) is 5.34. The molecule has 1 aliphatic rings. The van der Waals surface area contributed by atoms with E-state index in [2.05, 4.69) is 53.0 Å². The van der Waals surface area contributed by atoms with Crippen molar-refractivity contribution >= 4 is 11.7 Å². The molecule has 6 nitrogen and oxygen atoms in total. The van der Waals surface area contributed by atoms with Gasteiger partial charge in [-0.25, -0.2) is 4.79 Å². The van der Waals surface area contributed by atoms with Crippen molar-refractivity contribution in [3.8, 4) is 0 Å². The summed E-state index contributed by atoms with van der Waals surface area (Å²) in [6, 6.07) is 6.09. The summed E-state index contributed by atoms with van der Waals surface area (Å²) < 4.78 is 2.21. The van der Waals surface area contributed by atoms with Gasteiger partial charge in [0.1, 0.15) is 5.82 Å². The molecule has 1 aromatic carbocycles. The number of anilines is 1. The van der Waals surface area contributed by atoms with Gasteiger partial charge in [-0.15, -0.1) is 10.2 Å². The topological polar surface area (TPSA) is 63.1 Å². The molecule has 0 fully saturated rings. The maximum Gasteiger partial charge on any atom is 0.322 e. The van der Waals surface area contributed by atoms with Gasteiger partial charge in [-0.1, -0.05) is 25.8 Å². The van der Waals surface area contributed by atoms with Crippen molar-refractivity contribution in [3.05, 3.63) is 41.0 Å². The van der Waals surface area contributed by atoms with Crippen LogP contribution in [0.1, 0.15) is 61.8 Å². The molecule has 2 amide bonds. The zero-order chi connectivity index (χ0) is 19.2. The molecule has 0 bridgehead atoms. The molecule has 0 spiro atoms. The Kier molecular flexibility index (Phi) is 6.48. The number of amides is 2. The van der Waals surface area contributed by atoms with Gasteiger partial charge < -0.3 is 9.88 Å². The predicted molar refractivity (Wildman–Crippen MR) is 108 cm³/mol. The highest BCUT2D eigenvalue weighted by Crippen LogP contribution is 2.22. The van der Waals surface area contributed by atoms with E-state index in [1.807, 2.05) is 6.07 Å². The van der Waals surface area contributed by atoms with E-state index in [0.717, 1.165) is 56.0 Å². The lowest BCUT2D eigenvalue weighted by atomic mass is 10.1. The van der Waals surface area contributed by atoms with E-state index in [-0.39, 0.29) is 6.03 Å². The molecule has 2 heterocycles. The maximum atomic E-state index is 12.9. The molecule has 146 valence electrons. The van der Waals surface area contributed by atoms with Crippen LogP contribution in [0.2, 0.25) is 0 Å². The number of carbonyl (C=O) groups excluding carboxylic acids is 1. The second-order valence-corrected chi connectivity index (χ2v) is 7.43. The highest BCUT2D eigenvalue weighted by Gasteiger charge is 2.22. The van der Waals surface area contributed by atoms with Crippen LogP contribution in [0.25, 0.3) is 0 Å². The van der Waals surface area contributed by atoms with Crippen molar-refractivity contribution in [2.75, 3.05) is 11.4 Å². The van der Waals surface area contributed by atoms with Crippen LogP contribution in [0.4, 0.5) is 10.5 Å². The van der Waals surface area contributed by atoms with Crippen LogP contribution in [-0.4, -0.2) is 27.3 Å². The van der Waals surface area contributed by atoms with Crippen molar-refractivity contribution in [2.45, 2.75) is 72.4 Å². The minimum atomic E-state index is -0.0716. The van der Waals surface area contributed by atoms with Crippen molar-refractivity contribution in [1.29, 1.82) is 0 Å².